The van der Waals surface area contributed by atoms with Gasteiger partial charge in [0.1, 0.15) is 0 Å². The van der Waals surface area contributed by atoms with Gasteiger partial charge in [-0.3, -0.25) is 9.36 Å². The fourth-order valence-electron chi connectivity index (χ4n) is 1.52. The van der Waals surface area contributed by atoms with E-state index in [0.717, 1.165) is 0 Å². The second kappa shape index (κ2) is 3.48. The van der Waals surface area contributed by atoms with Gasteiger partial charge in [-0.2, -0.15) is 0 Å². The molecule has 0 bridgehead atoms. The highest BCUT2D eigenvalue weighted by atomic mass is 16.4. The first kappa shape index (κ1) is 10.4. The van der Waals surface area contributed by atoms with Crippen LogP contribution in [0.2, 0.25) is 0 Å². The molecule has 0 amide bonds. The highest BCUT2D eigenvalue weighted by molar-refractivity contribution is 6.09. The Hall–Kier alpha value is -2.10. The minimum absolute atomic E-state index is 0.145. The van der Waals surface area contributed by atoms with Gasteiger partial charge in [0.2, 0.25) is 0 Å². The van der Waals surface area contributed by atoms with E-state index in [1.165, 1.54) is 4.57 Å². The number of fused-ring (bicyclic) bond motifs is 1. The summed E-state index contributed by atoms with van der Waals surface area (Å²) in [7, 11) is 1.62. The second-order valence-electron chi connectivity index (χ2n) is 3.72. The number of hydrogen-bond acceptors (Lipinski definition) is 3. The molecule has 0 radical (unpaired) electrons. The van der Waals surface area contributed by atoms with Crippen LogP contribution in [-0.4, -0.2) is 10.4 Å². The lowest BCUT2D eigenvalue weighted by Crippen LogP contribution is -2.08. The van der Waals surface area contributed by atoms with Crippen LogP contribution in [-0.2, 0) is 7.05 Å². The molecule has 0 spiro atoms. The SMILES string of the molecule is C=C(C)C(=O)c1ccc2c(c1)oc(=O)n2C. The highest BCUT2D eigenvalue weighted by Gasteiger charge is 2.11. The zero-order valence-electron chi connectivity index (χ0n) is 9.11. The van der Waals surface area contributed by atoms with Crippen molar-refractivity contribution in [2.75, 3.05) is 0 Å². The molecule has 0 fully saturated rings. The molecule has 4 heteroatoms. The Morgan fingerprint density at radius 1 is 1.44 bits per heavy atom. The van der Waals surface area contributed by atoms with Gasteiger partial charge < -0.3 is 4.42 Å². The van der Waals surface area contributed by atoms with Crippen LogP contribution in [0.5, 0.6) is 0 Å². The molecule has 0 atom stereocenters. The Labute approximate surface area is 91.8 Å². The monoisotopic (exact) mass is 217 g/mol. The predicted octanol–water partition coefficient (Wildman–Crippen LogP) is 1.89. The Morgan fingerprint density at radius 2 is 2.12 bits per heavy atom. The number of hydrogen-bond donors (Lipinski definition) is 0. The fourth-order valence-corrected chi connectivity index (χ4v) is 1.52. The Balaban J connectivity index is 2.66. The molecular weight excluding hydrogens is 206 g/mol. The molecule has 2 rings (SSSR count). The maximum Gasteiger partial charge on any atom is 0.419 e. The molecule has 0 aliphatic heterocycles. The third-order valence-corrected chi connectivity index (χ3v) is 2.44. The first-order valence-corrected chi connectivity index (χ1v) is 4.80. The van der Waals surface area contributed by atoms with Gasteiger partial charge in [-0.1, -0.05) is 6.58 Å². The van der Waals surface area contributed by atoms with Gasteiger partial charge in [0.15, 0.2) is 11.4 Å². The number of Topliss-reactive ketones (excluding diaryl/α,β-unsaturated/α-hetero) is 1. The van der Waals surface area contributed by atoms with E-state index in [2.05, 4.69) is 6.58 Å². The minimum Gasteiger partial charge on any atom is -0.408 e. The van der Waals surface area contributed by atoms with E-state index < -0.39 is 5.76 Å². The van der Waals surface area contributed by atoms with Gasteiger partial charge in [0.05, 0.1) is 5.52 Å². The second-order valence-corrected chi connectivity index (χ2v) is 3.72. The molecule has 0 aliphatic rings. The number of ketones is 1. The number of carbonyl (C=O) groups is 1. The van der Waals surface area contributed by atoms with Crippen molar-refractivity contribution in [1.82, 2.24) is 4.57 Å². The number of benzene rings is 1. The van der Waals surface area contributed by atoms with Crippen molar-refractivity contribution in [2.45, 2.75) is 6.92 Å². The van der Waals surface area contributed by atoms with Crippen LogP contribution in [0.25, 0.3) is 11.1 Å². The lowest BCUT2D eigenvalue weighted by molar-refractivity contribution is 0.103. The quantitative estimate of drug-likeness (QED) is 0.570. The average molecular weight is 217 g/mol. The van der Waals surface area contributed by atoms with Crippen molar-refractivity contribution >= 4 is 16.9 Å². The molecule has 16 heavy (non-hydrogen) atoms. The summed E-state index contributed by atoms with van der Waals surface area (Å²) in [5, 5.41) is 0. The van der Waals surface area contributed by atoms with Crippen LogP contribution in [0.1, 0.15) is 17.3 Å². The number of rotatable bonds is 2. The van der Waals surface area contributed by atoms with Crippen molar-refractivity contribution in [2.24, 2.45) is 7.05 Å². The summed E-state index contributed by atoms with van der Waals surface area (Å²) in [6, 6.07) is 4.92. The Kier molecular flexibility index (Phi) is 2.27. The standard InChI is InChI=1S/C12H11NO3/c1-7(2)11(14)8-4-5-9-10(6-8)16-12(15)13(9)3/h4-6H,1H2,2-3H3. The molecule has 0 aliphatic carbocycles. The van der Waals surface area contributed by atoms with Crippen LogP contribution in [0.4, 0.5) is 0 Å². The lowest BCUT2D eigenvalue weighted by Gasteiger charge is -1.99. The molecule has 1 aromatic carbocycles. The Bertz CT molecular complexity index is 646. The molecule has 1 aromatic heterocycles. The van der Waals surface area contributed by atoms with Crippen molar-refractivity contribution in [3.63, 3.8) is 0 Å². The van der Waals surface area contributed by atoms with Gasteiger partial charge in [0.25, 0.3) is 0 Å². The van der Waals surface area contributed by atoms with Crippen molar-refractivity contribution in [3.05, 3.63) is 46.5 Å². The fraction of sp³-hybridized carbons (Fsp3) is 0.167. The third kappa shape index (κ3) is 1.48. The maximum atomic E-state index is 11.7. The van der Waals surface area contributed by atoms with Gasteiger partial charge in [-0.05, 0) is 30.7 Å². The van der Waals surface area contributed by atoms with Gasteiger partial charge in [0, 0.05) is 12.6 Å². The summed E-state index contributed by atoms with van der Waals surface area (Å²) in [4.78, 5) is 22.9. The van der Waals surface area contributed by atoms with Crippen molar-refractivity contribution in [3.8, 4) is 0 Å². The molecule has 0 saturated carbocycles. The highest BCUT2D eigenvalue weighted by Crippen LogP contribution is 2.16. The number of aromatic nitrogens is 1. The summed E-state index contributed by atoms with van der Waals surface area (Å²) in [5.41, 5.74) is 2.02. The number of carbonyl (C=O) groups excluding carboxylic acids is 1. The van der Waals surface area contributed by atoms with Crippen LogP contribution >= 0.6 is 0 Å². The summed E-state index contributed by atoms with van der Waals surface area (Å²) in [5.74, 6) is -0.580. The zero-order valence-corrected chi connectivity index (χ0v) is 9.11. The summed E-state index contributed by atoms with van der Waals surface area (Å²) >= 11 is 0. The van der Waals surface area contributed by atoms with Crippen molar-refractivity contribution in [1.29, 1.82) is 0 Å². The number of allylic oxidation sites excluding steroid dienone is 1. The van der Waals surface area contributed by atoms with E-state index in [4.69, 9.17) is 4.42 Å². The van der Waals surface area contributed by atoms with Crippen LogP contribution in [0, 0.1) is 0 Å². The molecule has 0 saturated heterocycles. The number of nitrogens with zero attached hydrogens (tertiary/aromatic N) is 1. The molecule has 0 unspecified atom stereocenters. The zero-order chi connectivity index (χ0) is 11.9. The smallest absolute Gasteiger partial charge is 0.408 e. The summed E-state index contributed by atoms with van der Waals surface area (Å²) in [6.07, 6.45) is 0. The van der Waals surface area contributed by atoms with E-state index in [1.54, 1.807) is 32.2 Å². The molecule has 0 N–H and O–H groups in total. The van der Waals surface area contributed by atoms with Crippen LogP contribution in [0.15, 0.2) is 39.6 Å². The van der Waals surface area contributed by atoms with Gasteiger partial charge in [-0.25, -0.2) is 4.79 Å². The van der Waals surface area contributed by atoms with E-state index in [-0.39, 0.29) is 5.78 Å². The minimum atomic E-state index is -0.435. The first-order chi connectivity index (χ1) is 7.50. The topological polar surface area (TPSA) is 52.2 Å². The normalized spacial score (nSPS) is 10.6. The van der Waals surface area contributed by atoms with Gasteiger partial charge in [-0.15, -0.1) is 0 Å². The third-order valence-electron chi connectivity index (χ3n) is 2.44. The molecule has 2 aromatic rings. The maximum absolute atomic E-state index is 11.7. The summed E-state index contributed by atoms with van der Waals surface area (Å²) in [6.45, 7) is 5.23. The number of oxazole rings is 1. The predicted molar refractivity (Wildman–Crippen MR) is 60.6 cm³/mol. The van der Waals surface area contributed by atoms with E-state index in [9.17, 15) is 9.59 Å². The van der Waals surface area contributed by atoms with Gasteiger partial charge >= 0.3 is 5.76 Å². The lowest BCUT2D eigenvalue weighted by atomic mass is 10.1. The average Bonchev–Trinajstić information content (AvgIpc) is 2.53. The molecule has 82 valence electrons. The number of aryl methyl sites for hydroxylation is 1. The van der Waals surface area contributed by atoms with Crippen LogP contribution in [0.3, 0.4) is 0 Å². The van der Waals surface area contributed by atoms with Crippen LogP contribution < -0.4 is 5.76 Å². The molecular formula is C12H11NO3. The van der Waals surface area contributed by atoms with Crippen molar-refractivity contribution < 1.29 is 9.21 Å². The first-order valence-electron chi connectivity index (χ1n) is 4.80. The summed E-state index contributed by atoms with van der Waals surface area (Å²) < 4.78 is 6.39. The van der Waals surface area contributed by atoms with E-state index >= 15 is 0 Å². The Morgan fingerprint density at radius 3 is 2.75 bits per heavy atom. The van der Waals surface area contributed by atoms with E-state index in [0.29, 0.717) is 22.2 Å². The van der Waals surface area contributed by atoms with E-state index in [1.807, 2.05) is 0 Å². The molecule has 4 nitrogen and oxygen atoms in total. The molecule has 1 heterocycles. The largest absolute Gasteiger partial charge is 0.419 e.